The maximum Gasteiger partial charge on any atom is 0.407 e. The van der Waals surface area contributed by atoms with Crippen LogP contribution in [0, 0.1) is 0 Å². The molecule has 3 fully saturated rings. The molecule has 26 heavy (non-hydrogen) atoms. The molecule has 4 heterocycles. The van der Waals surface area contributed by atoms with Crippen LogP contribution in [0.3, 0.4) is 0 Å². The fourth-order valence-electron chi connectivity index (χ4n) is 5.41. The second-order valence-corrected chi connectivity index (χ2v) is 7.99. The largest absolute Gasteiger partial charge is 0.465 e. The first kappa shape index (κ1) is 16.1. The number of hydrogen-bond acceptors (Lipinski definition) is 4. The van der Waals surface area contributed by atoms with Gasteiger partial charge < -0.3 is 14.9 Å². The Morgan fingerprint density at radius 3 is 2.35 bits per heavy atom. The average molecular weight is 355 g/mol. The Morgan fingerprint density at radius 1 is 0.962 bits per heavy atom. The topological polar surface area (TPSA) is 74.5 Å². The van der Waals surface area contributed by atoms with E-state index in [4.69, 9.17) is 0 Å². The molecule has 2 aromatic rings. The van der Waals surface area contributed by atoms with Crippen molar-refractivity contribution >= 4 is 17.1 Å². The Morgan fingerprint density at radius 2 is 1.65 bits per heavy atom. The van der Waals surface area contributed by atoms with Crippen LogP contribution in [-0.2, 0) is 0 Å². The molecule has 2 atom stereocenters. The third-order valence-corrected chi connectivity index (χ3v) is 6.67. The Labute approximate surface area is 152 Å². The van der Waals surface area contributed by atoms with Gasteiger partial charge in [0.15, 0.2) is 0 Å². The summed E-state index contributed by atoms with van der Waals surface area (Å²) < 4.78 is 2.10. The van der Waals surface area contributed by atoms with Crippen molar-refractivity contribution in [2.75, 3.05) is 13.1 Å². The van der Waals surface area contributed by atoms with E-state index in [9.17, 15) is 9.90 Å². The van der Waals surface area contributed by atoms with E-state index in [2.05, 4.69) is 26.0 Å². The molecule has 1 amide bonds. The molecule has 0 saturated carbocycles. The first-order valence-electron chi connectivity index (χ1n) is 9.76. The highest BCUT2D eigenvalue weighted by atomic mass is 16.4. The predicted molar refractivity (Wildman–Crippen MR) is 97.1 cm³/mol. The van der Waals surface area contributed by atoms with Crippen molar-refractivity contribution in [3.8, 4) is 0 Å². The van der Waals surface area contributed by atoms with Gasteiger partial charge in [-0.1, -0.05) is 17.3 Å². The second-order valence-electron chi connectivity index (χ2n) is 7.99. The van der Waals surface area contributed by atoms with Crippen molar-refractivity contribution in [2.24, 2.45) is 0 Å². The van der Waals surface area contributed by atoms with Gasteiger partial charge in [-0.2, -0.15) is 0 Å². The minimum atomic E-state index is -0.729. The first-order chi connectivity index (χ1) is 12.7. The van der Waals surface area contributed by atoms with E-state index >= 15 is 0 Å². The van der Waals surface area contributed by atoms with Crippen LogP contribution in [-0.4, -0.2) is 67.2 Å². The van der Waals surface area contributed by atoms with Crippen LogP contribution in [0.15, 0.2) is 24.3 Å². The third kappa shape index (κ3) is 2.57. The van der Waals surface area contributed by atoms with Gasteiger partial charge in [-0.25, -0.2) is 9.48 Å². The molecule has 2 unspecified atom stereocenters. The van der Waals surface area contributed by atoms with E-state index < -0.39 is 6.09 Å². The second kappa shape index (κ2) is 6.23. The first-order valence-corrected chi connectivity index (χ1v) is 9.76. The summed E-state index contributed by atoms with van der Waals surface area (Å²) in [6, 6.07) is 9.57. The zero-order chi connectivity index (χ0) is 17.7. The highest BCUT2D eigenvalue weighted by Gasteiger charge is 2.45. The fraction of sp³-hybridized carbons (Fsp3) is 0.632. The molecule has 7 nitrogen and oxygen atoms in total. The molecule has 5 rings (SSSR count). The predicted octanol–water partition coefficient (Wildman–Crippen LogP) is 2.74. The zero-order valence-corrected chi connectivity index (χ0v) is 14.9. The highest BCUT2D eigenvalue weighted by Crippen LogP contribution is 2.39. The lowest BCUT2D eigenvalue weighted by Crippen LogP contribution is -2.53. The van der Waals surface area contributed by atoms with E-state index in [0.29, 0.717) is 12.1 Å². The number of hydrogen-bond donors (Lipinski definition) is 1. The van der Waals surface area contributed by atoms with Gasteiger partial charge in [-0.3, -0.25) is 0 Å². The molecular weight excluding hydrogens is 330 g/mol. The number of amides is 1. The van der Waals surface area contributed by atoms with Crippen LogP contribution in [0.2, 0.25) is 0 Å². The Hall–Kier alpha value is -2.15. The number of fused-ring (bicyclic) bond motifs is 3. The van der Waals surface area contributed by atoms with Crippen LogP contribution >= 0.6 is 0 Å². The number of likely N-dealkylation sites (tertiary alicyclic amines) is 1. The molecule has 3 aliphatic rings. The van der Waals surface area contributed by atoms with Crippen LogP contribution in [0.25, 0.3) is 11.0 Å². The number of carboxylic acid groups (broad SMARTS) is 1. The van der Waals surface area contributed by atoms with Crippen molar-refractivity contribution in [1.82, 2.24) is 24.8 Å². The smallest absolute Gasteiger partial charge is 0.407 e. The summed E-state index contributed by atoms with van der Waals surface area (Å²) in [4.78, 5) is 15.8. The van der Waals surface area contributed by atoms with Crippen LogP contribution < -0.4 is 0 Å². The monoisotopic (exact) mass is 355 g/mol. The number of carbonyl (C=O) groups is 1. The van der Waals surface area contributed by atoms with Crippen molar-refractivity contribution in [3.63, 3.8) is 0 Å². The van der Waals surface area contributed by atoms with E-state index in [0.717, 1.165) is 62.6 Å². The third-order valence-electron chi connectivity index (χ3n) is 6.67. The SMILES string of the molecule is O=C(O)N1C2CCC1CC(N1CCC(n3nnc4ccccc43)CC1)C2. The number of para-hydroxylation sites is 1. The lowest BCUT2D eigenvalue weighted by atomic mass is 9.93. The summed E-state index contributed by atoms with van der Waals surface area (Å²) in [5, 5.41) is 18.1. The molecule has 0 spiro atoms. The average Bonchev–Trinajstić information content (AvgIpc) is 3.21. The number of nitrogens with zero attached hydrogens (tertiary/aromatic N) is 5. The summed E-state index contributed by atoms with van der Waals surface area (Å²) in [6.45, 7) is 2.13. The quantitative estimate of drug-likeness (QED) is 0.897. The molecule has 3 aliphatic heterocycles. The minimum Gasteiger partial charge on any atom is -0.465 e. The van der Waals surface area contributed by atoms with Gasteiger partial charge >= 0.3 is 6.09 Å². The van der Waals surface area contributed by atoms with Gasteiger partial charge in [0.25, 0.3) is 0 Å². The van der Waals surface area contributed by atoms with Crippen LogP contribution in [0.4, 0.5) is 4.79 Å². The Balaban J connectivity index is 1.25. The van der Waals surface area contributed by atoms with Gasteiger partial charge in [0, 0.05) is 31.2 Å². The molecule has 0 radical (unpaired) electrons. The minimum absolute atomic E-state index is 0.230. The van der Waals surface area contributed by atoms with E-state index in [1.54, 1.807) is 4.90 Å². The summed E-state index contributed by atoms with van der Waals surface area (Å²) >= 11 is 0. The van der Waals surface area contributed by atoms with E-state index in [-0.39, 0.29) is 12.1 Å². The Kier molecular flexibility index (Phi) is 3.85. The zero-order valence-electron chi connectivity index (χ0n) is 14.9. The summed E-state index contributed by atoms with van der Waals surface area (Å²) in [7, 11) is 0. The van der Waals surface area contributed by atoms with Gasteiger partial charge in [-0.05, 0) is 50.7 Å². The maximum atomic E-state index is 11.5. The number of piperidine rings is 2. The molecule has 3 saturated heterocycles. The maximum absolute atomic E-state index is 11.5. The molecule has 0 aliphatic carbocycles. The van der Waals surface area contributed by atoms with Crippen LogP contribution in [0.1, 0.15) is 44.6 Å². The van der Waals surface area contributed by atoms with Gasteiger partial charge in [0.2, 0.25) is 0 Å². The molecule has 7 heteroatoms. The van der Waals surface area contributed by atoms with Crippen LogP contribution in [0.5, 0.6) is 0 Å². The molecular formula is C19H25N5O2. The number of benzene rings is 1. The lowest BCUT2D eigenvalue weighted by molar-refractivity contribution is 0.0422. The van der Waals surface area contributed by atoms with E-state index in [1.807, 2.05) is 18.2 Å². The van der Waals surface area contributed by atoms with Crippen molar-refractivity contribution in [2.45, 2.75) is 62.7 Å². The Bertz CT molecular complexity index is 799. The number of aromatic nitrogens is 3. The standard InChI is InChI=1S/C19H25N5O2/c25-19(26)23-14-5-6-15(23)12-16(11-14)22-9-7-13(8-10-22)24-18-4-2-1-3-17(18)20-21-24/h1-4,13-16H,5-12H2,(H,25,26). The summed E-state index contributed by atoms with van der Waals surface area (Å²) in [6.07, 6.45) is 5.51. The molecule has 2 bridgehead atoms. The molecule has 1 aromatic carbocycles. The van der Waals surface area contributed by atoms with Gasteiger partial charge in [0.05, 0.1) is 11.6 Å². The van der Waals surface area contributed by atoms with Gasteiger partial charge in [0.1, 0.15) is 5.52 Å². The fourth-order valence-corrected chi connectivity index (χ4v) is 5.41. The molecule has 1 aromatic heterocycles. The lowest BCUT2D eigenvalue weighted by Gasteiger charge is -2.44. The van der Waals surface area contributed by atoms with Gasteiger partial charge in [-0.15, -0.1) is 5.10 Å². The molecule has 138 valence electrons. The highest BCUT2D eigenvalue weighted by molar-refractivity contribution is 5.74. The van der Waals surface area contributed by atoms with E-state index in [1.165, 1.54) is 0 Å². The summed E-state index contributed by atoms with van der Waals surface area (Å²) in [5.74, 6) is 0. The van der Waals surface area contributed by atoms with Crippen molar-refractivity contribution in [3.05, 3.63) is 24.3 Å². The summed E-state index contributed by atoms with van der Waals surface area (Å²) in [5.41, 5.74) is 2.09. The van der Waals surface area contributed by atoms with Crippen molar-refractivity contribution < 1.29 is 9.90 Å². The molecule has 1 N–H and O–H groups in total. The normalized spacial score (nSPS) is 30.2. The van der Waals surface area contributed by atoms with Crippen molar-refractivity contribution in [1.29, 1.82) is 0 Å². The number of rotatable bonds is 2.